The molecule has 1 unspecified atom stereocenters. The smallest absolute Gasteiger partial charge is 0.0951 e. The highest BCUT2D eigenvalue weighted by molar-refractivity contribution is 4.83. The Hall–Kier alpha value is -0.720. The molecule has 0 bridgehead atoms. The van der Waals surface area contributed by atoms with E-state index < -0.39 is 0 Å². The molecule has 0 heterocycles. The lowest BCUT2D eigenvalue weighted by molar-refractivity contribution is 0.121. The van der Waals surface area contributed by atoms with Gasteiger partial charge in [-0.3, -0.25) is 0 Å². The largest absolute Gasteiger partial charge is 0.496 e. The molecule has 0 aromatic rings. The van der Waals surface area contributed by atoms with Crippen molar-refractivity contribution in [2.75, 3.05) is 0 Å². The molecule has 0 radical (unpaired) electrons. The number of hydrogen-bond acceptors (Lipinski definition) is 1. The number of unbranched alkanes of at least 4 members (excludes halogenated alkanes) is 11. The van der Waals surface area contributed by atoms with Crippen LogP contribution in [-0.2, 0) is 4.74 Å². The van der Waals surface area contributed by atoms with Gasteiger partial charge in [-0.25, -0.2) is 0 Å². The quantitative estimate of drug-likeness (QED) is 0.139. The molecule has 0 saturated carbocycles. The van der Waals surface area contributed by atoms with Gasteiger partial charge in [0.25, 0.3) is 0 Å². The molecule has 24 heavy (non-hydrogen) atoms. The van der Waals surface area contributed by atoms with Gasteiger partial charge in [-0.1, -0.05) is 83.9 Å². The molecule has 0 N–H and O–H groups in total. The van der Waals surface area contributed by atoms with Crippen LogP contribution in [0.25, 0.3) is 0 Å². The van der Waals surface area contributed by atoms with Gasteiger partial charge in [0.05, 0.1) is 11.9 Å². The van der Waals surface area contributed by atoms with E-state index in [9.17, 15) is 0 Å². The van der Waals surface area contributed by atoms with Crippen molar-refractivity contribution in [3.63, 3.8) is 0 Å². The van der Waals surface area contributed by atoms with E-state index in [1.807, 2.05) is 0 Å². The summed E-state index contributed by atoms with van der Waals surface area (Å²) in [6, 6.07) is 0. The standard InChI is InChI=1S/C23H44O/c1-5-7-8-9-10-11-12-13-14-15-16-17-18-19-20-21-23(4)24-22(3)6-2/h13-14,22H,4-12,15-21H2,1-3H3/b14-13-. The van der Waals surface area contributed by atoms with Crippen molar-refractivity contribution in [3.05, 3.63) is 24.5 Å². The average molecular weight is 337 g/mol. The van der Waals surface area contributed by atoms with E-state index in [4.69, 9.17) is 4.74 Å². The highest BCUT2D eigenvalue weighted by Gasteiger charge is 2.01. The Balaban J connectivity index is 3.22. The molecule has 0 saturated heterocycles. The lowest BCUT2D eigenvalue weighted by atomic mass is 10.1. The van der Waals surface area contributed by atoms with Gasteiger partial charge in [0.2, 0.25) is 0 Å². The van der Waals surface area contributed by atoms with E-state index >= 15 is 0 Å². The van der Waals surface area contributed by atoms with Crippen LogP contribution in [0.1, 0.15) is 117 Å². The van der Waals surface area contributed by atoms with E-state index in [0.717, 1.165) is 18.6 Å². The summed E-state index contributed by atoms with van der Waals surface area (Å²) in [5.74, 6) is 0.974. The molecule has 142 valence electrons. The van der Waals surface area contributed by atoms with Crippen LogP contribution in [0.15, 0.2) is 24.5 Å². The topological polar surface area (TPSA) is 9.23 Å². The number of rotatable bonds is 18. The minimum Gasteiger partial charge on any atom is -0.496 e. The van der Waals surface area contributed by atoms with Gasteiger partial charge >= 0.3 is 0 Å². The highest BCUT2D eigenvalue weighted by atomic mass is 16.5. The van der Waals surface area contributed by atoms with Crippen molar-refractivity contribution in [2.45, 2.75) is 123 Å². The summed E-state index contributed by atoms with van der Waals surface area (Å²) in [6.45, 7) is 10.6. The van der Waals surface area contributed by atoms with Crippen LogP contribution in [-0.4, -0.2) is 6.10 Å². The first-order valence-corrected chi connectivity index (χ1v) is 10.7. The van der Waals surface area contributed by atoms with Crippen LogP contribution >= 0.6 is 0 Å². The molecule has 0 amide bonds. The van der Waals surface area contributed by atoms with Gasteiger partial charge in [0, 0.05) is 6.42 Å². The highest BCUT2D eigenvalue weighted by Crippen LogP contribution is 2.14. The normalized spacial score (nSPS) is 12.6. The third-order valence-electron chi connectivity index (χ3n) is 4.66. The molecule has 0 aromatic carbocycles. The van der Waals surface area contributed by atoms with Crippen molar-refractivity contribution >= 4 is 0 Å². The predicted octanol–water partition coefficient (Wildman–Crippen LogP) is 8.35. The molecule has 0 spiro atoms. The second kappa shape index (κ2) is 18.6. The Morgan fingerprint density at radius 1 is 0.792 bits per heavy atom. The zero-order chi connectivity index (χ0) is 17.9. The Morgan fingerprint density at radius 2 is 1.29 bits per heavy atom. The molecular formula is C23H44O. The molecule has 1 heteroatoms. The van der Waals surface area contributed by atoms with E-state index in [2.05, 4.69) is 39.5 Å². The van der Waals surface area contributed by atoms with Crippen molar-refractivity contribution in [3.8, 4) is 0 Å². The molecule has 1 atom stereocenters. The van der Waals surface area contributed by atoms with Gasteiger partial charge in [-0.2, -0.15) is 0 Å². The summed E-state index contributed by atoms with van der Waals surface area (Å²) in [5, 5.41) is 0. The van der Waals surface area contributed by atoms with Crippen LogP contribution in [0.2, 0.25) is 0 Å². The second-order valence-corrected chi connectivity index (χ2v) is 7.21. The maximum atomic E-state index is 5.72. The van der Waals surface area contributed by atoms with Gasteiger partial charge in [-0.15, -0.1) is 0 Å². The van der Waals surface area contributed by atoms with Gasteiger partial charge in [-0.05, 0) is 45.4 Å². The van der Waals surface area contributed by atoms with Gasteiger partial charge in [0.15, 0.2) is 0 Å². The van der Waals surface area contributed by atoms with Crippen LogP contribution in [0.3, 0.4) is 0 Å². The Labute approximate surface area is 153 Å². The van der Waals surface area contributed by atoms with Crippen molar-refractivity contribution in [2.24, 2.45) is 0 Å². The van der Waals surface area contributed by atoms with Crippen molar-refractivity contribution in [1.82, 2.24) is 0 Å². The molecule has 0 fully saturated rings. The van der Waals surface area contributed by atoms with E-state index in [-0.39, 0.29) is 0 Å². The fourth-order valence-corrected chi connectivity index (χ4v) is 2.82. The molecule has 0 aliphatic heterocycles. The zero-order valence-corrected chi connectivity index (χ0v) is 17.0. The summed E-state index contributed by atoms with van der Waals surface area (Å²) in [6.07, 6.45) is 24.7. The Morgan fingerprint density at radius 3 is 1.83 bits per heavy atom. The van der Waals surface area contributed by atoms with Crippen LogP contribution in [0.4, 0.5) is 0 Å². The molecule has 0 aliphatic carbocycles. The zero-order valence-electron chi connectivity index (χ0n) is 17.0. The maximum absolute atomic E-state index is 5.72. The van der Waals surface area contributed by atoms with Gasteiger partial charge < -0.3 is 4.74 Å². The van der Waals surface area contributed by atoms with Gasteiger partial charge in [0.1, 0.15) is 0 Å². The monoisotopic (exact) mass is 336 g/mol. The second-order valence-electron chi connectivity index (χ2n) is 7.21. The van der Waals surface area contributed by atoms with E-state index in [1.165, 1.54) is 83.5 Å². The first kappa shape index (κ1) is 23.3. The summed E-state index contributed by atoms with van der Waals surface area (Å²) in [4.78, 5) is 0. The molecular weight excluding hydrogens is 292 g/mol. The number of hydrogen-bond donors (Lipinski definition) is 0. The third-order valence-corrected chi connectivity index (χ3v) is 4.66. The predicted molar refractivity (Wildman–Crippen MR) is 109 cm³/mol. The van der Waals surface area contributed by atoms with Crippen LogP contribution in [0, 0.1) is 0 Å². The van der Waals surface area contributed by atoms with E-state index in [0.29, 0.717) is 6.10 Å². The third kappa shape index (κ3) is 17.6. The fraction of sp³-hybridized carbons (Fsp3) is 0.826. The fourth-order valence-electron chi connectivity index (χ4n) is 2.82. The minimum atomic E-state index is 0.320. The molecule has 0 rings (SSSR count). The van der Waals surface area contributed by atoms with E-state index in [1.54, 1.807) is 0 Å². The summed E-state index contributed by atoms with van der Waals surface area (Å²) >= 11 is 0. The number of ether oxygens (including phenoxy) is 1. The SMILES string of the molecule is C=C(CCCCCCC/C=C\CCCCCCCC)OC(C)CC. The number of allylic oxidation sites excluding steroid dienone is 3. The summed E-state index contributed by atoms with van der Waals surface area (Å²) < 4.78 is 5.72. The minimum absolute atomic E-state index is 0.320. The Kier molecular flexibility index (Phi) is 18.1. The lowest BCUT2D eigenvalue weighted by Gasteiger charge is -2.14. The molecule has 0 aromatic heterocycles. The lowest BCUT2D eigenvalue weighted by Crippen LogP contribution is -2.05. The van der Waals surface area contributed by atoms with Crippen molar-refractivity contribution in [1.29, 1.82) is 0 Å². The van der Waals surface area contributed by atoms with Crippen LogP contribution in [0.5, 0.6) is 0 Å². The first-order valence-electron chi connectivity index (χ1n) is 10.7. The molecule has 1 nitrogen and oxygen atoms in total. The van der Waals surface area contributed by atoms with Crippen molar-refractivity contribution < 1.29 is 4.74 Å². The summed E-state index contributed by atoms with van der Waals surface area (Å²) in [7, 11) is 0. The summed E-state index contributed by atoms with van der Waals surface area (Å²) in [5.41, 5.74) is 0. The van der Waals surface area contributed by atoms with Crippen LogP contribution < -0.4 is 0 Å². The Bertz CT molecular complexity index is 292. The maximum Gasteiger partial charge on any atom is 0.0951 e. The first-order chi connectivity index (χ1) is 11.7. The average Bonchev–Trinajstić information content (AvgIpc) is 2.58. The molecule has 0 aliphatic rings.